The first-order valence-corrected chi connectivity index (χ1v) is 4.56. The van der Waals surface area contributed by atoms with Crippen LogP contribution in [0.25, 0.3) is 0 Å². The second-order valence-corrected chi connectivity index (χ2v) is 3.58. The van der Waals surface area contributed by atoms with Crippen molar-refractivity contribution in [3.63, 3.8) is 0 Å². The average Bonchev–Trinajstić information content (AvgIpc) is 2.07. The second kappa shape index (κ2) is 4.13. The van der Waals surface area contributed by atoms with Gasteiger partial charge in [0.05, 0.1) is 0 Å². The lowest BCUT2D eigenvalue weighted by molar-refractivity contribution is -0.114. The van der Waals surface area contributed by atoms with Gasteiger partial charge in [-0.1, -0.05) is 6.07 Å². The van der Waals surface area contributed by atoms with Gasteiger partial charge in [-0.05, 0) is 24.6 Å². The fraction of sp³-hybridized carbons (Fsp3) is 0.364. The van der Waals surface area contributed by atoms with Crippen molar-refractivity contribution in [3.05, 3.63) is 23.8 Å². The van der Waals surface area contributed by atoms with Crippen LogP contribution in [0.3, 0.4) is 0 Å². The summed E-state index contributed by atoms with van der Waals surface area (Å²) in [5.74, 6) is -0.0430. The Labute approximate surface area is 84.7 Å². The molecule has 1 rings (SSSR count). The van der Waals surface area contributed by atoms with Crippen molar-refractivity contribution in [2.24, 2.45) is 0 Å². The number of aryl methyl sites for hydroxylation is 1. The molecule has 0 aliphatic rings. The highest BCUT2D eigenvalue weighted by molar-refractivity contribution is 5.89. The van der Waals surface area contributed by atoms with Gasteiger partial charge in [-0.2, -0.15) is 0 Å². The molecule has 76 valence electrons. The molecule has 3 nitrogen and oxygen atoms in total. The molecule has 1 N–H and O–H groups in total. The minimum absolute atomic E-state index is 0.0430. The van der Waals surface area contributed by atoms with Crippen molar-refractivity contribution >= 4 is 17.3 Å². The lowest BCUT2D eigenvalue weighted by atomic mass is 10.1. The molecule has 1 aromatic rings. The summed E-state index contributed by atoms with van der Waals surface area (Å²) in [6.07, 6.45) is 0. The van der Waals surface area contributed by atoms with Crippen LogP contribution < -0.4 is 10.2 Å². The molecule has 0 heterocycles. The Morgan fingerprint density at radius 2 is 2.00 bits per heavy atom. The van der Waals surface area contributed by atoms with E-state index < -0.39 is 0 Å². The summed E-state index contributed by atoms with van der Waals surface area (Å²) >= 11 is 0. The van der Waals surface area contributed by atoms with Crippen molar-refractivity contribution in [1.82, 2.24) is 0 Å². The Balaban J connectivity index is 3.00. The molecule has 0 aromatic heterocycles. The first-order valence-electron chi connectivity index (χ1n) is 4.56. The molecule has 0 unspecified atom stereocenters. The molecule has 0 saturated heterocycles. The van der Waals surface area contributed by atoms with Gasteiger partial charge in [0.25, 0.3) is 0 Å². The Morgan fingerprint density at radius 1 is 1.36 bits per heavy atom. The molecule has 14 heavy (non-hydrogen) atoms. The fourth-order valence-electron chi connectivity index (χ4n) is 1.37. The maximum Gasteiger partial charge on any atom is 0.221 e. The minimum atomic E-state index is -0.0430. The zero-order chi connectivity index (χ0) is 10.7. The second-order valence-electron chi connectivity index (χ2n) is 3.58. The number of anilines is 2. The van der Waals surface area contributed by atoms with E-state index in [1.165, 1.54) is 12.5 Å². The highest BCUT2D eigenvalue weighted by Gasteiger charge is 2.02. The highest BCUT2D eigenvalue weighted by Crippen LogP contribution is 2.22. The molecule has 0 aliphatic heterocycles. The van der Waals surface area contributed by atoms with Gasteiger partial charge in [0.1, 0.15) is 0 Å². The number of hydrogen-bond donors (Lipinski definition) is 1. The van der Waals surface area contributed by atoms with Crippen molar-refractivity contribution in [2.75, 3.05) is 24.3 Å². The number of nitrogens with one attached hydrogen (secondary N) is 1. The monoisotopic (exact) mass is 192 g/mol. The smallest absolute Gasteiger partial charge is 0.221 e. The maximum absolute atomic E-state index is 10.9. The molecule has 0 saturated carbocycles. The summed E-state index contributed by atoms with van der Waals surface area (Å²) in [5.41, 5.74) is 3.16. The van der Waals surface area contributed by atoms with E-state index in [-0.39, 0.29) is 5.91 Å². The lowest BCUT2D eigenvalue weighted by Crippen LogP contribution is -2.12. The summed E-state index contributed by atoms with van der Waals surface area (Å²) in [4.78, 5) is 12.9. The van der Waals surface area contributed by atoms with Gasteiger partial charge < -0.3 is 10.2 Å². The zero-order valence-corrected chi connectivity index (χ0v) is 9.09. The minimum Gasteiger partial charge on any atom is -0.377 e. The Bertz CT molecular complexity index is 345. The molecule has 0 spiro atoms. The first kappa shape index (κ1) is 10.6. The zero-order valence-electron chi connectivity index (χ0n) is 9.09. The summed E-state index contributed by atoms with van der Waals surface area (Å²) in [6, 6.07) is 5.88. The lowest BCUT2D eigenvalue weighted by Gasteiger charge is -2.16. The van der Waals surface area contributed by atoms with E-state index in [9.17, 15) is 4.79 Å². The third-order valence-corrected chi connectivity index (χ3v) is 2.01. The predicted octanol–water partition coefficient (Wildman–Crippen LogP) is 2.02. The number of carbonyl (C=O) groups excluding carboxylic acids is 1. The first-order chi connectivity index (χ1) is 6.50. The number of amides is 1. The van der Waals surface area contributed by atoms with E-state index in [4.69, 9.17) is 0 Å². The fourth-order valence-corrected chi connectivity index (χ4v) is 1.37. The Hall–Kier alpha value is -1.51. The summed E-state index contributed by atoms with van der Waals surface area (Å²) in [5, 5.41) is 2.76. The van der Waals surface area contributed by atoms with Crippen LogP contribution in [0.4, 0.5) is 11.4 Å². The van der Waals surface area contributed by atoms with E-state index in [1.54, 1.807) is 0 Å². The number of rotatable bonds is 2. The molecule has 0 aliphatic carbocycles. The van der Waals surface area contributed by atoms with Gasteiger partial charge in [0.15, 0.2) is 0 Å². The van der Waals surface area contributed by atoms with Crippen molar-refractivity contribution < 1.29 is 4.79 Å². The summed E-state index contributed by atoms with van der Waals surface area (Å²) in [7, 11) is 3.97. The van der Waals surface area contributed by atoms with E-state index in [1.807, 2.05) is 44.1 Å². The van der Waals surface area contributed by atoms with E-state index >= 15 is 0 Å². The molecule has 1 amide bonds. The van der Waals surface area contributed by atoms with Crippen molar-refractivity contribution in [2.45, 2.75) is 13.8 Å². The van der Waals surface area contributed by atoms with Crippen LogP contribution in [0, 0.1) is 6.92 Å². The van der Waals surface area contributed by atoms with Crippen molar-refractivity contribution in [3.8, 4) is 0 Å². The Morgan fingerprint density at radius 3 is 2.50 bits per heavy atom. The van der Waals surface area contributed by atoms with Gasteiger partial charge in [-0.25, -0.2) is 0 Å². The molecule has 0 radical (unpaired) electrons. The third-order valence-electron chi connectivity index (χ3n) is 2.01. The largest absolute Gasteiger partial charge is 0.377 e. The topological polar surface area (TPSA) is 32.3 Å². The van der Waals surface area contributed by atoms with Crippen LogP contribution in [0.1, 0.15) is 12.5 Å². The van der Waals surface area contributed by atoms with Gasteiger partial charge in [0, 0.05) is 32.4 Å². The van der Waals surface area contributed by atoms with E-state index in [2.05, 4.69) is 5.32 Å². The number of hydrogen-bond acceptors (Lipinski definition) is 2. The normalized spacial score (nSPS) is 9.71. The Kier molecular flexibility index (Phi) is 3.12. The van der Waals surface area contributed by atoms with Crippen LogP contribution >= 0.6 is 0 Å². The summed E-state index contributed by atoms with van der Waals surface area (Å²) in [6.45, 7) is 3.56. The van der Waals surface area contributed by atoms with E-state index in [0.29, 0.717) is 0 Å². The van der Waals surface area contributed by atoms with Crippen LogP contribution in [0.15, 0.2) is 18.2 Å². The SMILES string of the molecule is CC(=O)Nc1ccc(C)c(N(C)C)c1. The van der Waals surface area contributed by atoms with Gasteiger partial charge in [-0.3, -0.25) is 4.79 Å². The molecular weight excluding hydrogens is 176 g/mol. The molecule has 1 aromatic carbocycles. The standard InChI is InChI=1S/C11H16N2O/c1-8-5-6-10(12-9(2)14)7-11(8)13(3)4/h5-7H,1-4H3,(H,12,14). The third kappa shape index (κ3) is 2.49. The van der Waals surface area contributed by atoms with Gasteiger partial charge in [-0.15, -0.1) is 0 Å². The van der Waals surface area contributed by atoms with Crippen LogP contribution in [-0.4, -0.2) is 20.0 Å². The van der Waals surface area contributed by atoms with Gasteiger partial charge >= 0.3 is 0 Å². The highest BCUT2D eigenvalue weighted by atomic mass is 16.1. The predicted molar refractivity (Wildman–Crippen MR) is 59.8 cm³/mol. The summed E-state index contributed by atoms with van der Waals surface area (Å²) < 4.78 is 0. The van der Waals surface area contributed by atoms with Crippen LogP contribution in [0.2, 0.25) is 0 Å². The quantitative estimate of drug-likeness (QED) is 0.777. The van der Waals surface area contributed by atoms with E-state index in [0.717, 1.165) is 11.4 Å². The number of benzene rings is 1. The molecule has 0 bridgehead atoms. The average molecular weight is 192 g/mol. The number of carbonyl (C=O) groups is 1. The molecular formula is C11H16N2O. The van der Waals surface area contributed by atoms with Gasteiger partial charge in [0.2, 0.25) is 5.91 Å². The van der Waals surface area contributed by atoms with Crippen LogP contribution in [0.5, 0.6) is 0 Å². The number of nitrogens with zero attached hydrogens (tertiary/aromatic N) is 1. The van der Waals surface area contributed by atoms with Crippen molar-refractivity contribution in [1.29, 1.82) is 0 Å². The molecule has 3 heteroatoms. The molecule has 0 atom stereocenters. The molecule has 0 fully saturated rings. The maximum atomic E-state index is 10.9. The van der Waals surface area contributed by atoms with Crippen LogP contribution in [-0.2, 0) is 4.79 Å².